The van der Waals surface area contributed by atoms with Crippen LogP contribution in [0.5, 0.6) is 5.75 Å². The molecule has 2 aromatic carbocycles. The molecule has 0 bridgehead atoms. The van der Waals surface area contributed by atoms with E-state index >= 15 is 0 Å². The predicted molar refractivity (Wildman–Crippen MR) is 105 cm³/mol. The first kappa shape index (κ1) is 18.0. The van der Waals surface area contributed by atoms with Crippen LogP contribution in [0.15, 0.2) is 54.6 Å². The fourth-order valence-electron chi connectivity index (χ4n) is 4.81. The van der Waals surface area contributed by atoms with Gasteiger partial charge in [-0.3, -0.25) is 0 Å². The predicted octanol–water partition coefficient (Wildman–Crippen LogP) is 6.65. The highest BCUT2D eigenvalue weighted by atomic mass is 19.2. The number of rotatable bonds is 4. The lowest BCUT2D eigenvalue weighted by Crippen LogP contribution is -2.09. The van der Waals surface area contributed by atoms with Gasteiger partial charge < -0.3 is 4.74 Å². The zero-order chi connectivity index (χ0) is 19.0. The second-order valence-electron chi connectivity index (χ2n) is 7.45. The normalized spacial score (nSPS) is 24.3. The number of hydrogen-bond donors (Lipinski definition) is 0. The lowest BCUT2D eigenvalue weighted by Gasteiger charge is -2.18. The standard InChI is InChI=1S/C24H24F2O/c1-3-4-15-9-10-21-18(15)11-12-19(21)16-5-7-17(8-6-16)20-13-14-22(27-2)24(26)23(20)25/h3-8,12-15,18,21H,9-11H2,1-2H3/b4-3+. The summed E-state index contributed by atoms with van der Waals surface area (Å²) in [5.41, 5.74) is 3.54. The molecule has 1 fully saturated rings. The van der Waals surface area contributed by atoms with E-state index in [1.807, 2.05) is 24.3 Å². The van der Waals surface area contributed by atoms with E-state index in [9.17, 15) is 8.78 Å². The summed E-state index contributed by atoms with van der Waals surface area (Å²) in [6.07, 6.45) is 10.5. The van der Waals surface area contributed by atoms with Crippen molar-refractivity contribution in [3.8, 4) is 16.9 Å². The van der Waals surface area contributed by atoms with Crippen LogP contribution in [-0.4, -0.2) is 7.11 Å². The van der Waals surface area contributed by atoms with Crippen molar-refractivity contribution in [1.82, 2.24) is 0 Å². The van der Waals surface area contributed by atoms with Crippen LogP contribution in [0.4, 0.5) is 8.78 Å². The average molecular weight is 366 g/mol. The molecule has 2 aliphatic rings. The monoisotopic (exact) mass is 366 g/mol. The molecule has 1 saturated carbocycles. The van der Waals surface area contributed by atoms with E-state index in [0.29, 0.717) is 23.3 Å². The van der Waals surface area contributed by atoms with Crippen LogP contribution in [0, 0.1) is 29.4 Å². The van der Waals surface area contributed by atoms with Crippen LogP contribution < -0.4 is 4.74 Å². The van der Waals surface area contributed by atoms with Gasteiger partial charge in [-0.15, -0.1) is 0 Å². The smallest absolute Gasteiger partial charge is 0.201 e. The van der Waals surface area contributed by atoms with Crippen LogP contribution in [0.1, 0.15) is 31.7 Å². The molecule has 0 amide bonds. The van der Waals surface area contributed by atoms with E-state index in [4.69, 9.17) is 4.74 Å². The van der Waals surface area contributed by atoms with Crippen molar-refractivity contribution in [2.24, 2.45) is 17.8 Å². The van der Waals surface area contributed by atoms with Gasteiger partial charge in [-0.1, -0.05) is 42.5 Å². The van der Waals surface area contributed by atoms with E-state index < -0.39 is 11.6 Å². The number of benzene rings is 2. The summed E-state index contributed by atoms with van der Waals surface area (Å²) >= 11 is 0. The third kappa shape index (κ3) is 3.09. The Kier molecular flexibility index (Phi) is 4.86. The van der Waals surface area contributed by atoms with Gasteiger partial charge in [-0.25, -0.2) is 4.39 Å². The van der Waals surface area contributed by atoms with Gasteiger partial charge in [-0.2, -0.15) is 4.39 Å². The van der Waals surface area contributed by atoms with Crippen LogP contribution >= 0.6 is 0 Å². The molecule has 0 heterocycles. The van der Waals surface area contributed by atoms with Crippen molar-refractivity contribution in [3.05, 3.63) is 71.8 Å². The first-order valence-electron chi connectivity index (χ1n) is 9.59. The third-order valence-corrected chi connectivity index (χ3v) is 6.12. The molecule has 0 spiro atoms. The fourth-order valence-corrected chi connectivity index (χ4v) is 4.81. The summed E-state index contributed by atoms with van der Waals surface area (Å²) in [5.74, 6) is 0.126. The summed E-state index contributed by atoms with van der Waals surface area (Å²) in [6, 6.07) is 10.9. The van der Waals surface area contributed by atoms with Gasteiger partial charge in [0.1, 0.15) is 0 Å². The van der Waals surface area contributed by atoms with Crippen LogP contribution in [0.25, 0.3) is 16.7 Å². The Hall–Kier alpha value is -2.42. The lowest BCUT2D eigenvalue weighted by molar-refractivity contribution is 0.372. The molecule has 140 valence electrons. The number of fused-ring (bicyclic) bond motifs is 1. The summed E-state index contributed by atoms with van der Waals surface area (Å²) < 4.78 is 33.2. The highest BCUT2D eigenvalue weighted by Crippen LogP contribution is 2.51. The molecular formula is C24H24F2O. The second-order valence-corrected chi connectivity index (χ2v) is 7.45. The van der Waals surface area contributed by atoms with E-state index in [-0.39, 0.29) is 11.3 Å². The molecule has 2 aliphatic carbocycles. The van der Waals surface area contributed by atoms with Gasteiger partial charge in [0.15, 0.2) is 11.6 Å². The minimum Gasteiger partial charge on any atom is -0.494 e. The summed E-state index contributed by atoms with van der Waals surface area (Å²) in [6.45, 7) is 2.09. The summed E-state index contributed by atoms with van der Waals surface area (Å²) in [7, 11) is 1.33. The van der Waals surface area contributed by atoms with Crippen molar-refractivity contribution < 1.29 is 13.5 Å². The first-order valence-corrected chi connectivity index (χ1v) is 9.59. The molecule has 0 radical (unpaired) electrons. The van der Waals surface area contributed by atoms with Gasteiger partial charge in [-0.05, 0) is 72.8 Å². The summed E-state index contributed by atoms with van der Waals surface area (Å²) in [5, 5.41) is 0. The van der Waals surface area contributed by atoms with Crippen LogP contribution in [0.3, 0.4) is 0 Å². The number of halogens is 2. The fraction of sp³-hybridized carbons (Fsp3) is 0.333. The molecule has 3 heteroatoms. The summed E-state index contributed by atoms with van der Waals surface area (Å²) in [4.78, 5) is 0. The Bertz CT molecular complexity index is 895. The Morgan fingerprint density at radius 1 is 0.963 bits per heavy atom. The molecule has 3 atom stereocenters. The zero-order valence-corrected chi connectivity index (χ0v) is 15.7. The molecule has 2 aromatic rings. The van der Waals surface area contributed by atoms with Crippen molar-refractivity contribution >= 4 is 5.57 Å². The molecule has 3 unspecified atom stereocenters. The zero-order valence-electron chi connectivity index (χ0n) is 15.7. The SMILES string of the molecule is C/C=C/C1CCC2C(c3ccc(-c4ccc(OC)c(F)c4F)cc3)=CCC12. The Labute approximate surface area is 159 Å². The average Bonchev–Trinajstić information content (AvgIpc) is 3.28. The lowest BCUT2D eigenvalue weighted by atomic mass is 9.86. The van der Waals surface area contributed by atoms with Crippen molar-refractivity contribution in [2.75, 3.05) is 7.11 Å². The minimum absolute atomic E-state index is 0.0769. The van der Waals surface area contributed by atoms with Gasteiger partial charge in [0.25, 0.3) is 0 Å². The number of ether oxygens (including phenoxy) is 1. The molecule has 0 aromatic heterocycles. The minimum atomic E-state index is -0.943. The topological polar surface area (TPSA) is 9.23 Å². The largest absolute Gasteiger partial charge is 0.494 e. The van der Waals surface area contributed by atoms with E-state index in [1.54, 1.807) is 6.07 Å². The maximum atomic E-state index is 14.4. The van der Waals surface area contributed by atoms with Crippen molar-refractivity contribution in [3.63, 3.8) is 0 Å². The Morgan fingerprint density at radius 2 is 1.70 bits per heavy atom. The van der Waals surface area contributed by atoms with Gasteiger partial charge >= 0.3 is 0 Å². The van der Waals surface area contributed by atoms with Gasteiger partial charge in [0.05, 0.1) is 7.11 Å². The third-order valence-electron chi connectivity index (χ3n) is 6.12. The van der Waals surface area contributed by atoms with Gasteiger partial charge in [0.2, 0.25) is 5.82 Å². The molecule has 0 N–H and O–H groups in total. The Morgan fingerprint density at radius 3 is 2.41 bits per heavy atom. The number of allylic oxidation sites excluding steroid dienone is 4. The first-order chi connectivity index (χ1) is 13.1. The van der Waals surface area contributed by atoms with E-state index in [2.05, 4.69) is 25.2 Å². The van der Waals surface area contributed by atoms with Crippen molar-refractivity contribution in [1.29, 1.82) is 0 Å². The maximum Gasteiger partial charge on any atom is 0.201 e. The van der Waals surface area contributed by atoms with Crippen molar-refractivity contribution in [2.45, 2.75) is 26.2 Å². The second kappa shape index (κ2) is 7.30. The molecule has 27 heavy (non-hydrogen) atoms. The molecule has 0 saturated heterocycles. The molecular weight excluding hydrogens is 342 g/mol. The Balaban J connectivity index is 1.58. The maximum absolute atomic E-state index is 14.4. The highest BCUT2D eigenvalue weighted by molar-refractivity contribution is 5.73. The van der Waals surface area contributed by atoms with E-state index in [1.165, 1.54) is 37.2 Å². The molecule has 4 rings (SSSR count). The number of hydrogen-bond acceptors (Lipinski definition) is 1. The van der Waals surface area contributed by atoms with Crippen LogP contribution in [0.2, 0.25) is 0 Å². The molecule has 1 nitrogen and oxygen atoms in total. The highest BCUT2D eigenvalue weighted by Gasteiger charge is 2.39. The van der Waals surface area contributed by atoms with Gasteiger partial charge in [0, 0.05) is 5.56 Å². The van der Waals surface area contributed by atoms with Crippen LogP contribution in [-0.2, 0) is 0 Å². The quantitative estimate of drug-likeness (QED) is 0.551. The number of methoxy groups -OCH3 is 1. The van der Waals surface area contributed by atoms with E-state index in [0.717, 1.165) is 6.42 Å². The molecule has 0 aliphatic heterocycles.